The van der Waals surface area contributed by atoms with Crippen LogP contribution in [0.2, 0.25) is 0 Å². The van der Waals surface area contributed by atoms with Crippen molar-refractivity contribution in [3.63, 3.8) is 0 Å². The molecule has 0 radical (unpaired) electrons. The quantitative estimate of drug-likeness (QED) is 0.589. The third-order valence-corrected chi connectivity index (χ3v) is 4.08. The molecule has 0 saturated heterocycles. The van der Waals surface area contributed by atoms with E-state index in [0.717, 1.165) is 38.7 Å². The highest BCUT2D eigenvalue weighted by Gasteiger charge is 2.26. The number of nitrogens with two attached hydrogens (primary N) is 1. The van der Waals surface area contributed by atoms with Crippen LogP contribution in [0.1, 0.15) is 50.3 Å². The topological polar surface area (TPSA) is 82.5 Å². The fraction of sp³-hybridized carbons (Fsp3) is 0.786. The summed E-state index contributed by atoms with van der Waals surface area (Å²) in [5, 5.41) is 6.48. The molecule has 1 aromatic rings. The first kappa shape index (κ1) is 17.0. The zero-order valence-electron chi connectivity index (χ0n) is 12.5. The second kappa shape index (κ2) is 8.28. The molecule has 0 bridgehead atoms. The van der Waals surface area contributed by atoms with Gasteiger partial charge in [0.1, 0.15) is 0 Å². The summed E-state index contributed by atoms with van der Waals surface area (Å²) in [6, 6.07) is 0.0493. The molecule has 1 aliphatic rings. The van der Waals surface area contributed by atoms with Crippen molar-refractivity contribution in [2.75, 3.05) is 19.8 Å². The van der Waals surface area contributed by atoms with Crippen LogP contribution in [0.5, 0.6) is 0 Å². The van der Waals surface area contributed by atoms with Crippen molar-refractivity contribution < 1.29 is 13.5 Å². The van der Waals surface area contributed by atoms with Gasteiger partial charge in [0.2, 0.25) is 0 Å². The SMILES string of the molecule is NCCCOC[C@H]1CC[C@H](n2cc(N=O)c(C(F)F)n2)CC1. The molecule has 0 amide bonds. The molecular formula is C14H22F2N4O2. The summed E-state index contributed by atoms with van der Waals surface area (Å²) in [7, 11) is 0. The number of nitrogens with zero attached hydrogens (tertiary/aromatic N) is 3. The number of alkyl halides is 2. The Labute approximate surface area is 128 Å². The van der Waals surface area contributed by atoms with Crippen molar-refractivity contribution in [3.05, 3.63) is 16.8 Å². The highest BCUT2D eigenvalue weighted by molar-refractivity contribution is 5.40. The first-order chi connectivity index (χ1) is 10.7. The van der Waals surface area contributed by atoms with Gasteiger partial charge in [-0.2, -0.15) is 5.10 Å². The van der Waals surface area contributed by atoms with Crippen molar-refractivity contribution in [2.24, 2.45) is 16.8 Å². The molecule has 1 fully saturated rings. The third kappa shape index (κ3) is 4.30. The van der Waals surface area contributed by atoms with E-state index in [9.17, 15) is 13.7 Å². The van der Waals surface area contributed by atoms with E-state index in [4.69, 9.17) is 10.5 Å². The highest BCUT2D eigenvalue weighted by atomic mass is 19.3. The van der Waals surface area contributed by atoms with Gasteiger partial charge in [-0.15, -0.1) is 4.91 Å². The van der Waals surface area contributed by atoms with Crippen LogP contribution in [0, 0.1) is 10.8 Å². The molecule has 124 valence electrons. The molecule has 22 heavy (non-hydrogen) atoms. The van der Waals surface area contributed by atoms with Crippen molar-refractivity contribution >= 4 is 5.69 Å². The van der Waals surface area contributed by atoms with Crippen LogP contribution in [-0.4, -0.2) is 29.5 Å². The lowest BCUT2D eigenvalue weighted by molar-refractivity contribution is 0.0768. The molecule has 0 unspecified atom stereocenters. The maximum Gasteiger partial charge on any atom is 0.284 e. The Morgan fingerprint density at radius 3 is 2.68 bits per heavy atom. The van der Waals surface area contributed by atoms with Gasteiger partial charge in [-0.05, 0) is 49.7 Å². The van der Waals surface area contributed by atoms with E-state index in [1.54, 1.807) is 0 Å². The first-order valence-corrected chi connectivity index (χ1v) is 7.64. The number of ether oxygens (including phenoxy) is 1. The largest absolute Gasteiger partial charge is 0.381 e. The van der Waals surface area contributed by atoms with Crippen LogP contribution >= 0.6 is 0 Å². The molecule has 2 N–H and O–H groups in total. The van der Waals surface area contributed by atoms with E-state index in [1.807, 2.05) is 0 Å². The lowest BCUT2D eigenvalue weighted by atomic mass is 9.86. The minimum atomic E-state index is -2.78. The van der Waals surface area contributed by atoms with Gasteiger partial charge in [0.15, 0.2) is 11.4 Å². The smallest absolute Gasteiger partial charge is 0.284 e. The van der Waals surface area contributed by atoms with Crippen LogP contribution in [0.25, 0.3) is 0 Å². The van der Waals surface area contributed by atoms with E-state index < -0.39 is 12.1 Å². The summed E-state index contributed by atoms with van der Waals surface area (Å²) in [5.41, 5.74) is 4.62. The molecule has 1 heterocycles. The number of nitroso groups, excluding NO2 is 1. The molecule has 0 aliphatic heterocycles. The Morgan fingerprint density at radius 2 is 2.14 bits per heavy atom. The van der Waals surface area contributed by atoms with Crippen molar-refractivity contribution in [2.45, 2.75) is 44.6 Å². The van der Waals surface area contributed by atoms with Gasteiger partial charge in [-0.25, -0.2) is 8.78 Å². The van der Waals surface area contributed by atoms with E-state index in [-0.39, 0.29) is 11.7 Å². The lowest BCUT2D eigenvalue weighted by Gasteiger charge is -2.28. The fourth-order valence-electron chi connectivity index (χ4n) is 2.82. The molecule has 1 aliphatic carbocycles. The van der Waals surface area contributed by atoms with E-state index in [0.29, 0.717) is 19.1 Å². The number of hydrogen-bond donors (Lipinski definition) is 1. The summed E-state index contributed by atoms with van der Waals surface area (Å²) < 4.78 is 32.6. The van der Waals surface area contributed by atoms with Gasteiger partial charge in [-0.3, -0.25) is 4.68 Å². The minimum Gasteiger partial charge on any atom is -0.381 e. The Kier molecular flexibility index (Phi) is 6.38. The monoisotopic (exact) mass is 316 g/mol. The molecule has 0 atom stereocenters. The standard InChI is InChI=1S/C14H22F2N4O2/c15-14(16)13-12(19-21)8-20(18-13)11-4-2-10(3-5-11)9-22-7-1-6-17/h8,10-11,14H,1-7,9,17H2/t10-,11-. The van der Waals surface area contributed by atoms with Crippen LogP contribution in [-0.2, 0) is 4.74 Å². The summed E-state index contributed by atoms with van der Waals surface area (Å²) in [5.74, 6) is 0.489. The summed E-state index contributed by atoms with van der Waals surface area (Å²) >= 11 is 0. The normalized spacial score (nSPS) is 22.2. The van der Waals surface area contributed by atoms with E-state index in [2.05, 4.69) is 10.3 Å². The molecular weight excluding hydrogens is 294 g/mol. The van der Waals surface area contributed by atoms with Crippen LogP contribution in [0.4, 0.5) is 14.5 Å². The molecule has 6 nitrogen and oxygen atoms in total. The second-order valence-corrected chi connectivity index (χ2v) is 5.66. The molecule has 0 aromatic carbocycles. The highest BCUT2D eigenvalue weighted by Crippen LogP contribution is 2.35. The van der Waals surface area contributed by atoms with Gasteiger partial charge in [-0.1, -0.05) is 0 Å². The Balaban J connectivity index is 1.85. The maximum atomic E-state index is 12.8. The predicted molar refractivity (Wildman–Crippen MR) is 78.1 cm³/mol. The van der Waals surface area contributed by atoms with E-state index in [1.165, 1.54) is 10.9 Å². The van der Waals surface area contributed by atoms with Gasteiger partial charge in [0, 0.05) is 13.2 Å². The van der Waals surface area contributed by atoms with E-state index >= 15 is 0 Å². The molecule has 8 heteroatoms. The summed E-state index contributed by atoms with van der Waals surface area (Å²) in [4.78, 5) is 10.6. The van der Waals surface area contributed by atoms with Crippen LogP contribution in [0.15, 0.2) is 11.4 Å². The minimum absolute atomic E-state index is 0.0493. The van der Waals surface area contributed by atoms with Crippen molar-refractivity contribution in [1.29, 1.82) is 0 Å². The molecule has 2 rings (SSSR count). The Bertz CT molecular complexity index is 473. The zero-order chi connectivity index (χ0) is 15.9. The maximum absolute atomic E-state index is 12.8. The van der Waals surface area contributed by atoms with Crippen molar-refractivity contribution in [3.8, 4) is 0 Å². The van der Waals surface area contributed by atoms with Crippen LogP contribution < -0.4 is 5.73 Å². The second-order valence-electron chi connectivity index (χ2n) is 5.66. The number of rotatable bonds is 8. The van der Waals surface area contributed by atoms with Crippen LogP contribution in [0.3, 0.4) is 0 Å². The summed E-state index contributed by atoms with van der Waals surface area (Å²) in [6.07, 6.45) is 3.02. The number of hydrogen-bond acceptors (Lipinski definition) is 5. The number of aromatic nitrogens is 2. The fourth-order valence-corrected chi connectivity index (χ4v) is 2.82. The molecule has 0 spiro atoms. The summed E-state index contributed by atoms with van der Waals surface area (Å²) in [6.45, 7) is 2.03. The van der Waals surface area contributed by atoms with Gasteiger partial charge < -0.3 is 10.5 Å². The Hall–Kier alpha value is -1.41. The zero-order valence-corrected chi connectivity index (χ0v) is 12.5. The van der Waals surface area contributed by atoms with Crippen molar-refractivity contribution in [1.82, 2.24) is 9.78 Å². The average Bonchev–Trinajstić information content (AvgIpc) is 2.97. The lowest BCUT2D eigenvalue weighted by Crippen LogP contribution is -2.22. The van der Waals surface area contributed by atoms with Gasteiger partial charge in [0.25, 0.3) is 6.43 Å². The third-order valence-electron chi connectivity index (χ3n) is 4.08. The first-order valence-electron chi connectivity index (χ1n) is 7.64. The predicted octanol–water partition coefficient (Wildman–Crippen LogP) is 3.32. The number of halogens is 2. The van der Waals surface area contributed by atoms with Gasteiger partial charge in [0.05, 0.1) is 12.2 Å². The Morgan fingerprint density at radius 1 is 1.41 bits per heavy atom. The average molecular weight is 316 g/mol. The molecule has 1 saturated carbocycles. The van der Waals surface area contributed by atoms with Gasteiger partial charge >= 0.3 is 0 Å². The molecule has 1 aromatic heterocycles.